The van der Waals surface area contributed by atoms with Gasteiger partial charge in [-0.05, 0) is 23.8 Å². The van der Waals surface area contributed by atoms with Crippen molar-refractivity contribution in [3.63, 3.8) is 0 Å². The van der Waals surface area contributed by atoms with Crippen LogP contribution >= 0.6 is 0 Å². The molecule has 0 spiro atoms. The molecule has 4 heteroatoms. The third-order valence-corrected chi connectivity index (χ3v) is 3.34. The van der Waals surface area contributed by atoms with Gasteiger partial charge >= 0.3 is 0 Å². The molecule has 1 aliphatic heterocycles. The molecule has 0 saturated carbocycles. The summed E-state index contributed by atoms with van der Waals surface area (Å²) in [7, 11) is 0. The van der Waals surface area contributed by atoms with Gasteiger partial charge in [-0.15, -0.1) is 0 Å². The van der Waals surface area contributed by atoms with E-state index in [0.29, 0.717) is 22.3 Å². The van der Waals surface area contributed by atoms with Gasteiger partial charge in [-0.25, -0.2) is 0 Å². The van der Waals surface area contributed by atoms with E-state index in [1.807, 2.05) is 0 Å². The first-order chi connectivity index (χ1) is 9.72. The molecule has 96 valence electrons. The fraction of sp³-hybridized carbons (Fsp3) is 0.0625. The number of fused-ring (bicyclic) bond motifs is 1. The van der Waals surface area contributed by atoms with Crippen LogP contribution in [-0.2, 0) is 6.54 Å². The number of carbonyl (C=O) groups is 2. The first-order valence-corrected chi connectivity index (χ1v) is 6.15. The lowest BCUT2D eigenvalue weighted by Gasteiger charge is -2.14. The third kappa shape index (κ3) is 1.77. The van der Waals surface area contributed by atoms with Crippen LogP contribution in [0.25, 0.3) is 0 Å². The van der Waals surface area contributed by atoms with Crippen LogP contribution < -0.4 is 0 Å². The molecule has 1 aliphatic rings. The van der Waals surface area contributed by atoms with Gasteiger partial charge < -0.3 is 0 Å². The first kappa shape index (κ1) is 12.1. The summed E-state index contributed by atoms with van der Waals surface area (Å²) in [6.07, 6.45) is 0. The number of nitriles is 1. The molecular weight excluding hydrogens is 252 g/mol. The largest absolute Gasteiger partial charge is 0.270 e. The van der Waals surface area contributed by atoms with Crippen molar-refractivity contribution in [1.82, 2.24) is 4.90 Å². The summed E-state index contributed by atoms with van der Waals surface area (Å²) in [6.45, 7) is 0.121. The number of imide groups is 1. The van der Waals surface area contributed by atoms with E-state index < -0.39 is 0 Å². The second kappa shape index (κ2) is 4.63. The molecule has 2 amide bonds. The number of nitrogens with zero attached hydrogens (tertiary/aromatic N) is 2. The Morgan fingerprint density at radius 3 is 2.05 bits per heavy atom. The Labute approximate surface area is 115 Å². The summed E-state index contributed by atoms with van der Waals surface area (Å²) in [5, 5.41) is 9.06. The minimum Gasteiger partial charge on any atom is -0.270 e. The molecule has 0 saturated heterocycles. The van der Waals surface area contributed by atoms with Crippen LogP contribution in [0.2, 0.25) is 0 Å². The molecular formula is C16H10N2O2. The molecule has 0 aliphatic carbocycles. The quantitative estimate of drug-likeness (QED) is 0.780. The summed E-state index contributed by atoms with van der Waals surface area (Å²) in [5.41, 5.74) is 1.99. The summed E-state index contributed by atoms with van der Waals surface area (Å²) >= 11 is 0. The number of rotatable bonds is 2. The summed E-state index contributed by atoms with van der Waals surface area (Å²) in [5.74, 6) is -0.614. The van der Waals surface area contributed by atoms with Gasteiger partial charge in [0.1, 0.15) is 0 Å². The Hall–Kier alpha value is -2.93. The van der Waals surface area contributed by atoms with E-state index in [0.717, 1.165) is 0 Å². The van der Waals surface area contributed by atoms with E-state index in [1.54, 1.807) is 48.5 Å². The average molecular weight is 262 g/mol. The van der Waals surface area contributed by atoms with Crippen molar-refractivity contribution in [1.29, 1.82) is 5.26 Å². The van der Waals surface area contributed by atoms with Gasteiger partial charge in [0, 0.05) is 0 Å². The topological polar surface area (TPSA) is 61.2 Å². The second-order valence-electron chi connectivity index (χ2n) is 4.51. The molecule has 0 N–H and O–H groups in total. The second-order valence-corrected chi connectivity index (χ2v) is 4.51. The Bertz CT molecular complexity index is 724. The highest BCUT2D eigenvalue weighted by atomic mass is 16.2. The van der Waals surface area contributed by atoms with Crippen molar-refractivity contribution >= 4 is 11.8 Å². The monoisotopic (exact) mass is 262 g/mol. The molecule has 4 nitrogen and oxygen atoms in total. The van der Waals surface area contributed by atoms with Crippen LogP contribution in [0, 0.1) is 11.3 Å². The normalized spacial score (nSPS) is 13.2. The van der Waals surface area contributed by atoms with Crippen molar-refractivity contribution in [3.05, 3.63) is 70.8 Å². The Balaban J connectivity index is 1.97. The first-order valence-electron chi connectivity index (χ1n) is 6.15. The molecule has 0 aromatic heterocycles. The van der Waals surface area contributed by atoms with Crippen LogP contribution in [-0.4, -0.2) is 16.7 Å². The Kier molecular flexibility index (Phi) is 2.81. The summed E-state index contributed by atoms with van der Waals surface area (Å²) in [6, 6.07) is 15.8. The molecule has 1 heterocycles. The van der Waals surface area contributed by atoms with E-state index in [9.17, 15) is 9.59 Å². The Morgan fingerprint density at radius 1 is 0.900 bits per heavy atom. The maximum absolute atomic E-state index is 12.2. The molecule has 0 atom stereocenters. The molecule has 2 aromatic rings. The smallest absolute Gasteiger partial charge is 0.261 e. The fourth-order valence-corrected chi connectivity index (χ4v) is 2.32. The van der Waals surface area contributed by atoms with E-state index in [1.165, 1.54) is 4.90 Å². The predicted octanol–water partition coefficient (Wildman–Crippen LogP) is 2.35. The molecule has 0 bridgehead atoms. The minimum absolute atomic E-state index is 0.121. The number of carbonyl (C=O) groups excluding carboxylic acids is 2. The van der Waals surface area contributed by atoms with Crippen LogP contribution in [0.3, 0.4) is 0 Å². The van der Waals surface area contributed by atoms with Crippen molar-refractivity contribution in [3.8, 4) is 6.07 Å². The van der Waals surface area contributed by atoms with Crippen LogP contribution in [0.1, 0.15) is 31.8 Å². The van der Waals surface area contributed by atoms with Gasteiger partial charge in [0.05, 0.1) is 29.3 Å². The lowest BCUT2D eigenvalue weighted by atomic mass is 10.1. The van der Waals surface area contributed by atoms with Gasteiger partial charge in [-0.2, -0.15) is 5.26 Å². The highest BCUT2D eigenvalue weighted by Crippen LogP contribution is 2.24. The number of amides is 2. The highest BCUT2D eigenvalue weighted by Gasteiger charge is 2.35. The maximum Gasteiger partial charge on any atom is 0.261 e. The van der Waals surface area contributed by atoms with E-state index in [2.05, 4.69) is 6.07 Å². The number of hydrogen-bond acceptors (Lipinski definition) is 3. The zero-order valence-corrected chi connectivity index (χ0v) is 10.5. The molecule has 20 heavy (non-hydrogen) atoms. The SMILES string of the molecule is N#Cc1ccccc1CN1C(=O)c2ccccc2C1=O. The molecule has 0 radical (unpaired) electrons. The van der Waals surface area contributed by atoms with Gasteiger partial charge in [0.25, 0.3) is 11.8 Å². The van der Waals surface area contributed by atoms with Gasteiger partial charge in [0.2, 0.25) is 0 Å². The van der Waals surface area contributed by atoms with Crippen LogP contribution in [0.15, 0.2) is 48.5 Å². The average Bonchev–Trinajstić information content (AvgIpc) is 2.73. The van der Waals surface area contributed by atoms with Crippen molar-refractivity contribution < 1.29 is 9.59 Å². The molecule has 3 rings (SSSR count). The van der Waals surface area contributed by atoms with Gasteiger partial charge in [0.15, 0.2) is 0 Å². The third-order valence-electron chi connectivity index (χ3n) is 3.34. The van der Waals surface area contributed by atoms with E-state index in [4.69, 9.17) is 5.26 Å². The minimum atomic E-state index is -0.307. The molecule has 2 aromatic carbocycles. The lowest BCUT2D eigenvalue weighted by Crippen LogP contribution is -2.29. The van der Waals surface area contributed by atoms with Crippen molar-refractivity contribution in [2.75, 3.05) is 0 Å². The van der Waals surface area contributed by atoms with Crippen LogP contribution in [0.4, 0.5) is 0 Å². The number of benzene rings is 2. The lowest BCUT2D eigenvalue weighted by molar-refractivity contribution is 0.0642. The van der Waals surface area contributed by atoms with Crippen LogP contribution in [0.5, 0.6) is 0 Å². The molecule has 0 unspecified atom stereocenters. The zero-order chi connectivity index (χ0) is 14.1. The van der Waals surface area contributed by atoms with Gasteiger partial charge in [-0.3, -0.25) is 14.5 Å². The van der Waals surface area contributed by atoms with Crippen molar-refractivity contribution in [2.24, 2.45) is 0 Å². The molecule has 0 fully saturated rings. The highest BCUT2D eigenvalue weighted by molar-refractivity contribution is 6.21. The standard InChI is InChI=1S/C16H10N2O2/c17-9-11-5-1-2-6-12(11)10-18-15(19)13-7-3-4-8-14(13)16(18)20/h1-8H,10H2. The zero-order valence-electron chi connectivity index (χ0n) is 10.5. The van der Waals surface area contributed by atoms with E-state index in [-0.39, 0.29) is 18.4 Å². The summed E-state index contributed by atoms with van der Waals surface area (Å²) < 4.78 is 0. The van der Waals surface area contributed by atoms with Crippen molar-refractivity contribution in [2.45, 2.75) is 6.54 Å². The fourth-order valence-electron chi connectivity index (χ4n) is 2.32. The predicted molar refractivity (Wildman–Crippen MR) is 71.8 cm³/mol. The Morgan fingerprint density at radius 2 is 1.45 bits per heavy atom. The van der Waals surface area contributed by atoms with E-state index >= 15 is 0 Å². The summed E-state index contributed by atoms with van der Waals surface area (Å²) in [4.78, 5) is 25.6. The van der Waals surface area contributed by atoms with Gasteiger partial charge in [-0.1, -0.05) is 30.3 Å². The number of hydrogen-bond donors (Lipinski definition) is 0. The maximum atomic E-state index is 12.2.